The van der Waals surface area contributed by atoms with Crippen molar-refractivity contribution in [2.45, 2.75) is 0 Å². The van der Waals surface area contributed by atoms with E-state index in [-0.39, 0.29) is 0 Å². The van der Waals surface area contributed by atoms with E-state index in [0.29, 0.717) is 0 Å². The molecule has 4 rings (SSSR count). The van der Waals surface area contributed by atoms with Crippen LogP contribution in [0.4, 0.5) is 0 Å². The highest BCUT2D eigenvalue weighted by Gasteiger charge is 2.22. The molecule has 0 radical (unpaired) electrons. The van der Waals surface area contributed by atoms with Gasteiger partial charge in [-0.1, -0.05) is 60.1 Å². The topological polar surface area (TPSA) is 0 Å². The van der Waals surface area contributed by atoms with E-state index in [1.54, 1.807) is 0 Å². The van der Waals surface area contributed by atoms with Crippen molar-refractivity contribution in [2.75, 3.05) is 0 Å². The van der Waals surface area contributed by atoms with Gasteiger partial charge in [-0.05, 0) is 33.5 Å². The van der Waals surface area contributed by atoms with Crippen molar-refractivity contribution in [3.05, 3.63) is 59.6 Å². The summed E-state index contributed by atoms with van der Waals surface area (Å²) in [4.78, 5) is 0. The van der Waals surface area contributed by atoms with Crippen molar-refractivity contribution < 1.29 is 0 Å². The van der Waals surface area contributed by atoms with Gasteiger partial charge < -0.3 is 0 Å². The van der Waals surface area contributed by atoms with Crippen LogP contribution in [0.15, 0.2) is 54.6 Å². The average Bonchev–Trinajstić information content (AvgIpc) is 2.71. The predicted molar refractivity (Wildman–Crippen MR) is 73.4 cm³/mol. The quantitative estimate of drug-likeness (QED) is 0.397. The Morgan fingerprint density at radius 2 is 1.41 bits per heavy atom. The van der Waals surface area contributed by atoms with Gasteiger partial charge in [0.2, 0.25) is 0 Å². The van der Waals surface area contributed by atoms with Gasteiger partial charge in [-0.3, -0.25) is 0 Å². The Kier molecular flexibility index (Phi) is 1.70. The standard InChI is InChI=1S/C16H9Cl/c17-14-9-8-10-4-3-7-12-11-5-1-2-6-13(11)16(14)15(10)12/h1-9H. The molecule has 0 N–H and O–H groups in total. The molecule has 0 fully saturated rings. The number of rotatable bonds is 0. The van der Waals surface area contributed by atoms with Crippen LogP contribution >= 0.6 is 11.6 Å². The maximum Gasteiger partial charge on any atom is 0.0491 e. The smallest absolute Gasteiger partial charge is 0.0491 e. The molecule has 0 aliphatic heterocycles. The Morgan fingerprint density at radius 1 is 0.647 bits per heavy atom. The lowest BCUT2D eigenvalue weighted by Crippen LogP contribution is -1.77. The Balaban J connectivity index is 2.33. The van der Waals surface area contributed by atoms with Gasteiger partial charge in [-0.15, -0.1) is 0 Å². The molecule has 1 aliphatic rings. The minimum atomic E-state index is 0.843. The highest BCUT2D eigenvalue weighted by molar-refractivity contribution is 6.37. The van der Waals surface area contributed by atoms with Gasteiger partial charge in [0.05, 0.1) is 0 Å². The molecule has 3 aromatic carbocycles. The first-order valence-corrected chi connectivity index (χ1v) is 6.05. The maximum atomic E-state index is 6.36. The molecule has 0 spiro atoms. The molecule has 0 atom stereocenters. The van der Waals surface area contributed by atoms with E-state index in [1.807, 2.05) is 6.07 Å². The minimum Gasteiger partial charge on any atom is -0.0836 e. The first-order valence-electron chi connectivity index (χ1n) is 5.67. The minimum absolute atomic E-state index is 0.843. The van der Waals surface area contributed by atoms with E-state index in [4.69, 9.17) is 11.6 Å². The monoisotopic (exact) mass is 236 g/mol. The second-order valence-electron chi connectivity index (χ2n) is 4.37. The van der Waals surface area contributed by atoms with E-state index in [0.717, 1.165) is 5.02 Å². The number of halogens is 1. The number of hydrogen-bond donors (Lipinski definition) is 0. The van der Waals surface area contributed by atoms with Crippen LogP contribution in [0, 0.1) is 0 Å². The second-order valence-corrected chi connectivity index (χ2v) is 4.78. The van der Waals surface area contributed by atoms with Crippen molar-refractivity contribution in [1.82, 2.24) is 0 Å². The fraction of sp³-hybridized carbons (Fsp3) is 0. The fourth-order valence-corrected chi connectivity index (χ4v) is 3.04. The Hall–Kier alpha value is -1.79. The van der Waals surface area contributed by atoms with Gasteiger partial charge >= 0.3 is 0 Å². The first-order chi connectivity index (χ1) is 8.36. The van der Waals surface area contributed by atoms with Crippen molar-refractivity contribution in [3.8, 4) is 22.3 Å². The van der Waals surface area contributed by atoms with Crippen molar-refractivity contribution in [3.63, 3.8) is 0 Å². The molecule has 0 bridgehead atoms. The van der Waals surface area contributed by atoms with Crippen LogP contribution in [-0.4, -0.2) is 0 Å². The summed E-state index contributed by atoms with van der Waals surface area (Å²) < 4.78 is 0. The zero-order valence-corrected chi connectivity index (χ0v) is 9.83. The number of fused-ring (bicyclic) bond motifs is 3. The Bertz CT molecular complexity index is 757. The molecule has 17 heavy (non-hydrogen) atoms. The van der Waals surface area contributed by atoms with E-state index >= 15 is 0 Å². The normalized spacial score (nSPS) is 11.8. The lowest BCUT2D eigenvalue weighted by Gasteiger charge is -2.03. The largest absolute Gasteiger partial charge is 0.0836 e. The van der Waals surface area contributed by atoms with E-state index in [2.05, 4.69) is 48.5 Å². The molecular formula is C16H9Cl. The summed E-state index contributed by atoms with van der Waals surface area (Å²) in [6, 6.07) is 19.0. The Labute approximate surface area is 104 Å². The van der Waals surface area contributed by atoms with Gasteiger partial charge in [-0.2, -0.15) is 0 Å². The van der Waals surface area contributed by atoms with Gasteiger partial charge in [0, 0.05) is 10.6 Å². The van der Waals surface area contributed by atoms with Crippen molar-refractivity contribution in [2.24, 2.45) is 0 Å². The molecular weight excluding hydrogens is 228 g/mol. The molecule has 0 unspecified atom stereocenters. The van der Waals surface area contributed by atoms with Gasteiger partial charge in [0.15, 0.2) is 0 Å². The highest BCUT2D eigenvalue weighted by atomic mass is 35.5. The lowest BCUT2D eigenvalue weighted by atomic mass is 10.0. The SMILES string of the molecule is Clc1ccc2cccc3c2c1-c1ccccc1-3. The molecule has 0 saturated heterocycles. The summed E-state index contributed by atoms with van der Waals surface area (Å²) in [5, 5.41) is 3.40. The first kappa shape index (κ1) is 9.26. The summed E-state index contributed by atoms with van der Waals surface area (Å²) in [7, 11) is 0. The van der Waals surface area contributed by atoms with E-state index in [9.17, 15) is 0 Å². The van der Waals surface area contributed by atoms with Crippen molar-refractivity contribution in [1.29, 1.82) is 0 Å². The van der Waals surface area contributed by atoms with Gasteiger partial charge in [0.25, 0.3) is 0 Å². The number of hydrogen-bond acceptors (Lipinski definition) is 0. The number of benzene rings is 3. The van der Waals surface area contributed by atoms with Crippen LogP contribution in [0.5, 0.6) is 0 Å². The molecule has 0 heterocycles. The van der Waals surface area contributed by atoms with Crippen LogP contribution in [0.25, 0.3) is 33.0 Å². The summed E-state index contributed by atoms with van der Waals surface area (Å²) in [5.74, 6) is 0. The van der Waals surface area contributed by atoms with Crippen molar-refractivity contribution >= 4 is 22.4 Å². The zero-order valence-electron chi connectivity index (χ0n) is 9.07. The molecule has 1 aliphatic carbocycles. The van der Waals surface area contributed by atoms with E-state index < -0.39 is 0 Å². The molecule has 0 amide bonds. The third-order valence-electron chi connectivity index (χ3n) is 3.48. The molecule has 0 aromatic heterocycles. The summed E-state index contributed by atoms with van der Waals surface area (Å²) >= 11 is 6.36. The molecule has 3 aromatic rings. The predicted octanol–water partition coefficient (Wildman–Crippen LogP) is 5.14. The van der Waals surface area contributed by atoms with Crippen LogP contribution in [0.3, 0.4) is 0 Å². The summed E-state index contributed by atoms with van der Waals surface area (Å²) in [6.45, 7) is 0. The third-order valence-corrected chi connectivity index (χ3v) is 3.80. The molecule has 0 saturated carbocycles. The molecule has 1 heteroatoms. The van der Waals surface area contributed by atoms with E-state index in [1.165, 1.54) is 33.0 Å². The fourth-order valence-electron chi connectivity index (χ4n) is 2.78. The zero-order chi connectivity index (χ0) is 11.4. The third kappa shape index (κ3) is 1.08. The maximum absolute atomic E-state index is 6.36. The second kappa shape index (κ2) is 3.12. The van der Waals surface area contributed by atoms with Gasteiger partial charge in [0.1, 0.15) is 0 Å². The van der Waals surface area contributed by atoms with Crippen LogP contribution in [0.2, 0.25) is 5.02 Å². The summed E-state index contributed by atoms with van der Waals surface area (Å²) in [5.41, 5.74) is 5.04. The molecule has 0 nitrogen and oxygen atoms in total. The highest BCUT2D eigenvalue weighted by Crippen LogP contribution is 2.49. The van der Waals surface area contributed by atoms with Gasteiger partial charge in [-0.25, -0.2) is 0 Å². The van der Waals surface area contributed by atoms with Crippen LogP contribution in [-0.2, 0) is 0 Å². The van der Waals surface area contributed by atoms with Crippen LogP contribution < -0.4 is 0 Å². The lowest BCUT2D eigenvalue weighted by molar-refractivity contribution is 1.69. The molecule has 80 valence electrons. The van der Waals surface area contributed by atoms with Crippen LogP contribution in [0.1, 0.15) is 0 Å². The summed E-state index contributed by atoms with van der Waals surface area (Å²) in [6.07, 6.45) is 0. The Morgan fingerprint density at radius 3 is 2.29 bits per heavy atom. The average molecular weight is 237 g/mol.